The van der Waals surface area contributed by atoms with E-state index >= 15 is 0 Å². The number of rotatable bonds is 6. The molecule has 1 aliphatic carbocycles. The molecule has 1 heterocycles. The standard InChI is InChI=1S/C12H18N4O2/c1-16(9-2-3-9)6-7-18-11-8-14-5-4-10(11)12(13)15-17/h4-5,8-9,17H,2-3,6-7H2,1H3,(H2,13,15). The summed E-state index contributed by atoms with van der Waals surface area (Å²) in [5, 5.41) is 11.7. The molecule has 1 fully saturated rings. The van der Waals surface area contributed by atoms with E-state index in [1.165, 1.54) is 12.8 Å². The van der Waals surface area contributed by atoms with Crippen molar-refractivity contribution < 1.29 is 9.94 Å². The van der Waals surface area contributed by atoms with Gasteiger partial charge in [0.1, 0.15) is 12.4 Å². The minimum absolute atomic E-state index is 0.0305. The van der Waals surface area contributed by atoms with Gasteiger partial charge in [-0.25, -0.2) is 0 Å². The summed E-state index contributed by atoms with van der Waals surface area (Å²) in [6.07, 6.45) is 5.71. The lowest BCUT2D eigenvalue weighted by atomic mass is 10.2. The van der Waals surface area contributed by atoms with Gasteiger partial charge in [-0.05, 0) is 26.0 Å². The molecule has 0 saturated heterocycles. The normalized spacial score (nSPS) is 16.0. The van der Waals surface area contributed by atoms with Gasteiger partial charge in [0.15, 0.2) is 5.84 Å². The van der Waals surface area contributed by atoms with Crippen molar-refractivity contribution in [2.45, 2.75) is 18.9 Å². The Kier molecular flexibility index (Phi) is 3.99. The number of hydrogen-bond acceptors (Lipinski definition) is 5. The first-order valence-corrected chi connectivity index (χ1v) is 5.97. The SMILES string of the molecule is CN(CCOc1cnccc1/C(N)=N/O)C1CC1. The molecule has 0 unspecified atom stereocenters. The summed E-state index contributed by atoms with van der Waals surface area (Å²) in [4.78, 5) is 6.25. The Labute approximate surface area is 106 Å². The molecule has 0 bridgehead atoms. The lowest BCUT2D eigenvalue weighted by molar-refractivity contribution is 0.231. The van der Waals surface area contributed by atoms with Crippen LogP contribution in [-0.2, 0) is 0 Å². The highest BCUT2D eigenvalue weighted by molar-refractivity contribution is 5.99. The van der Waals surface area contributed by atoms with Crippen molar-refractivity contribution in [2.24, 2.45) is 10.9 Å². The summed E-state index contributed by atoms with van der Waals surface area (Å²) >= 11 is 0. The number of ether oxygens (including phenoxy) is 1. The monoisotopic (exact) mass is 250 g/mol. The number of pyridine rings is 1. The fourth-order valence-electron chi connectivity index (χ4n) is 1.76. The summed E-state index contributed by atoms with van der Waals surface area (Å²) in [5.74, 6) is 0.569. The maximum atomic E-state index is 8.69. The molecular formula is C12H18N4O2. The number of oxime groups is 1. The number of likely N-dealkylation sites (N-methyl/N-ethyl adjacent to an activating group) is 1. The van der Waals surface area contributed by atoms with Crippen molar-refractivity contribution in [2.75, 3.05) is 20.2 Å². The van der Waals surface area contributed by atoms with Crippen LogP contribution in [0.5, 0.6) is 5.75 Å². The van der Waals surface area contributed by atoms with Crippen molar-refractivity contribution in [1.29, 1.82) is 0 Å². The lowest BCUT2D eigenvalue weighted by Gasteiger charge is -2.16. The van der Waals surface area contributed by atoms with Crippen LogP contribution in [-0.4, -0.2) is 47.2 Å². The van der Waals surface area contributed by atoms with Crippen LogP contribution < -0.4 is 10.5 Å². The summed E-state index contributed by atoms with van der Waals surface area (Å²) in [6, 6.07) is 2.38. The Morgan fingerprint density at radius 3 is 3.11 bits per heavy atom. The zero-order valence-corrected chi connectivity index (χ0v) is 10.4. The van der Waals surface area contributed by atoms with E-state index in [1.807, 2.05) is 0 Å². The van der Waals surface area contributed by atoms with Gasteiger partial charge in [0.05, 0.1) is 11.8 Å². The molecule has 0 aliphatic heterocycles. The van der Waals surface area contributed by atoms with E-state index in [0.29, 0.717) is 24.0 Å². The van der Waals surface area contributed by atoms with Gasteiger partial charge in [-0.3, -0.25) is 4.98 Å². The third-order valence-corrected chi connectivity index (χ3v) is 3.04. The molecule has 18 heavy (non-hydrogen) atoms. The van der Waals surface area contributed by atoms with Gasteiger partial charge in [0, 0.05) is 18.8 Å². The van der Waals surface area contributed by atoms with Gasteiger partial charge in [-0.15, -0.1) is 0 Å². The number of amidine groups is 1. The summed E-state index contributed by atoms with van der Waals surface area (Å²) in [5.41, 5.74) is 6.12. The maximum Gasteiger partial charge on any atom is 0.173 e. The van der Waals surface area contributed by atoms with Crippen molar-refractivity contribution in [3.8, 4) is 5.75 Å². The van der Waals surface area contributed by atoms with E-state index in [0.717, 1.165) is 6.54 Å². The Morgan fingerprint density at radius 1 is 1.67 bits per heavy atom. The molecular weight excluding hydrogens is 232 g/mol. The molecule has 0 aromatic carbocycles. The molecule has 1 saturated carbocycles. The first-order chi connectivity index (χ1) is 8.72. The van der Waals surface area contributed by atoms with Crippen LogP contribution in [0.3, 0.4) is 0 Å². The Morgan fingerprint density at radius 2 is 2.44 bits per heavy atom. The fourth-order valence-corrected chi connectivity index (χ4v) is 1.76. The van der Waals surface area contributed by atoms with Crippen molar-refractivity contribution in [3.05, 3.63) is 24.0 Å². The Balaban J connectivity index is 1.91. The molecule has 3 N–H and O–H groups in total. The van der Waals surface area contributed by atoms with E-state index in [4.69, 9.17) is 15.7 Å². The zero-order chi connectivity index (χ0) is 13.0. The van der Waals surface area contributed by atoms with E-state index in [-0.39, 0.29) is 5.84 Å². The van der Waals surface area contributed by atoms with E-state index < -0.39 is 0 Å². The first kappa shape index (κ1) is 12.6. The minimum Gasteiger partial charge on any atom is -0.490 e. The third-order valence-electron chi connectivity index (χ3n) is 3.04. The van der Waals surface area contributed by atoms with Crippen LogP contribution in [0.1, 0.15) is 18.4 Å². The van der Waals surface area contributed by atoms with Gasteiger partial charge in [0.2, 0.25) is 0 Å². The topological polar surface area (TPSA) is 84.0 Å². The van der Waals surface area contributed by atoms with Crippen LogP contribution in [0, 0.1) is 0 Å². The van der Waals surface area contributed by atoms with Gasteiger partial charge in [-0.1, -0.05) is 5.16 Å². The highest BCUT2D eigenvalue weighted by Crippen LogP contribution is 2.25. The van der Waals surface area contributed by atoms with Crippen LogP contribution in [0.4, 0.5) is 0 Å². The van der Waals surface area contributed by atoms with Crippen LogP contribution in [0.2, 0.25) is 0 Å². The average molecular weight is 250 g/mol. The predicted molar refractivity (Wildman–Crippen MR) is 67.9 cm³/mol. The maximum absolute atomic E-state index is 8.69. The first-order valence-electron chi connectivity index (χ1n) is 5.97. The quantitative estimate of drug-likeness (QED) is 0.335. The van der Waals surface area contributed by atoms with E-state index in [1.54, 1.807) is 18.5 Å². The summed E-state index contributed by atoms with van der Waals surface area (Å²) in [7, 11) is 2.09. The third kappa shape index (κ3) is 3.10. The second kappa shape index (κ2) is 5.68. The summed E-state index contributed by atoms with van der Waals surface area (Å²) in [6.45, 7) is 1.42. The largest absolute Gasteiger partial charge is 0.490 e. The summed E-state index contributed by atoms with van der Waals surface area (Å²) < 4.78 is 5.63. The minimum atomic E-state index is 0.0305. The van der Waals surface area contributed by atoms with Gasteiger partial charge >= 0.3 is 0 Å². The molecule has 1 aliphatic rings. The number of nitrogens with zero attached hydrogens (tertiary/aromatic N) is 3. The lowest BCUT2D eigenvalue weighted by Crippen LogP contribution is -2.26. The average Bonchev–Trinajstić information content (AvgIpc) is 3.22. The molecule has 6 nitrogen and oxygen atoms in total. The Bertz CT molecular complexity index is 432. The highest BCUT2D eigenvalue weighted by Gasteiger charge is 2.25. The van der Waals surface area contributed by atoms with Crippen LogP contribution >= 0.6 is 0 Å². The van der Waals surface area contributed by atoms with Gasteiger partial charge in [0.25, 0.3) is 0 Å². The molecule has 0 atom stereocenters. The molecule has 1 aromatic heterocycles. The van der Waals surface area contributed by atoms with E-state index in [2.05, 4.69) is 22.1 Å². The molecule has 6 heteroatoms. The fraction of sp³-hybridized carbons (Fsp3) is 0.500. The van der Waals surface area contributed by atoms with Crippen molar-refractivity contribution in [1.82, 2.24) is 9.88 Å². The molecule has 0 amide bonds. The second-order valence-corrected chi connectivity index (χ2v) is 4.42. The number of aromatic nitrogens is 1. The van der Waals surface area contributed by atoms with Crippen LogP contribution in [0.25, 0.3) is 0 Å². The molecule has 1 aromatic rings. The number of hydrogen-bond donors (Lipinski definition) is 2. The van der Waals surface area contributed by atoms with Crippen LogP contribution in [0.15, 0.2) is 23.6 Å². The molecule has 0 radical (unpaired) electrons. The molecule has 0 spiro atoms. The molecule has 98 valence electrons. The zero-order valence-electron chi connectivity index (χ0n) is 10.4. The predicted octanol–water partition coefficient (Wildman–Crippen LogP) is 0.649. The van der Waals surface area contributed by atoms with Crippen molar-refractivity contribution in [3.63, 3.8) is 0 Å². The van der Waals surface area contributed by atoms with Gasteiger partial charge in [-0.2, -0.15) is 0 Å². The highest BCUT2D eigenvalue weighted by atomic mass is 16.5. The number of nitrogens with two attached hydrogens (primary N) is 1. The molecule has 2 rings (SSSR count). The Hall–Kier alpha value is -1.82. The smallest absolute Gasteiger partial charge is 0.173 e. The van der Waals surface area contributed by atoms with Crippen molar-refractivity contribution >= 4 is 5.84 Å². The second-order valence-electron chi connectivity index (χ2n) is 4.42. The van der Waals surface area contributed by atoms with Gasteiger partial charge < -0.3 is 20.6 Å². The van der Waals surface area contributed by atoms with E-state index in [9.17, 15) is 0 Å².